The van der Waals surface area contributed by atoms with Gasteiger partial charge in [0.1, 0.15) is 6.04 Å². The van der Waals surface area contributed by atoms with Crippen molar-refractivity contribution in [2.75, 3.05) is 0 Å². The summed E-state index contributed by atoms with van der Waals surface area (Å²) in [6.07, 6.45) is 0.444. The van der Waals surface area contributed by atoms with Gasteiger partial charge in [-0.3, -0.25) is 9.59 Å². The van der Waals surface area contributed by atoms with E-state index in [2.05, 4.69) is 21.2 Å². The van der Waals surface area contributed by atoms with Crippen LogP contribution in [0.15, 0.2) is 77.3 Å². The number of nitrogens with zero attached hydrogens (tertiary/aromatic N) is 1. The molecular formula is C28H29BrCl2N2O2. The van der Waals surface area contributed by atoms with E-state index in [0.717, 1.165) is 15.6 Å². The second-order valence-corrected chi connectivity index (χ2v) is 11.3. The van der Waals surface area contributed by atoms with E-state index in [-0.39, 0.29) is 24.8 Å². The number of carbonyl (C=O) groups is 2. The first-order valence-corrected chi connectivity index (χ1v) is 12.9. The number of nitrogens with one attached hydrogen (secondary N) is 1. The van der Waals surface area contributed by atoms with Gasteiger partial charge in [0.05, 0.1) is 6.42 Å². The van der Waals surface area contributed by atoms with Gasteiger partial charge in [-0.2, -0.15) is 0 Å². The number of hydrogen-bond acceptors (Lipinski definition) is 2. The highest BCUT2D eigenvalue weighted by Crippen LogP contribution is 2.24. The second kappa shape index (κ2) is 12.1. The van der Waals surface area contributed by atoms with Gasteiger partial charge in [0, 0.05) is 33.0 Å². The van der Waals surface area contributed by atoms with Crippen molar-refractivity contribution in [2.24, 2.45) is 0 Å². The SMILES string of the molecule is CC(C)(C)NC(=O)C(Cc1ccccc1)N(Cc1ccc(Br)cc1)C(=O)Cc1ccc(Cl)cc1Cl. The molecule has 0 aliphatic heterocycles. The molecule has 0 heterocycles. The number of benzene rings is 3. The number of hydrogen-bond donors (Lipinski definition) is 1. The first-order valence-electron chi connectivity index (χ1n) is 11.4. The molecule has 7 heteroatoms. The highest BCUT2D eigenvalue weighted by molar-refractivity contribution is 9.10. The van der Waals surface area contributed by atoms with E-state index in [9.17, 15) is 9.59 Å². The van der Waals surface area contributed by atoms with E-state index in [1.54, 1.807) is 23.1 Å². The van der Waals surface area contributed by atoms with Crippen molar-refractivity contribution in [1.82, 2.24) is 10.2 Å². The minimum atomic E-state index is -0.709. The molecule has 1 N–H and O–H groups in total. The molecule has 4 nitrogen and oxygen atoms in total. The molecule has 0 aromatic heterocycles. The molecule has 2 amide bonds. The Morgan fingerprint density at radius 1 is 0.943 bits per heavy atom. The topological polar surface area (TPSA) is 49.4 Å². The van der Waals surface area contributed by atoms with Gasteiger partial charge >= 0.3 is 0 Å². The zero-order valence-electron chi connectivity index (χ0n) is 20.0. The third-order valence-corrected chi connectivity index (χ3v) is 6.51. The highest BCUT2D eigenvalue weighted by atomic mass is 79.9. The van der Waals surface area contributed by atoms with Crippen LogP contribution >= 0.6 is 39.1 Å². The average Bonchev–Trinajstić information content (AvgIpc) is 2.78. The van der Waals surface area contributed by atoms with Gasteiger partial charge in [-0.1, -0.05) is 87.7 Å². The van der Waals surface area contributed by atoms with Gasteiger partial charge in [0.25, 0.3) is 0 Å². The van der Waals surface area contributed by atoms with Crippen molar-refractivity contribution in [3.05, 3.63) is 104 Å². The minimum Gasteiger partial charge on any atom is -0.350 e. The molecular weight excluding hydrogens is 547 g/mol. The summed E-state index contributed by atoms with van der Waals surface area (Å²) in [6, 6.07) is 21.9. The molecule has 184 valence electrons. The number of amides is 2. The molecule has 35 heavy (non-hydrogen) atoms. The molecule has 0 radical (unpaired) electrons. The highest BCUT2D eigenvalue weighted by Gasteiger charge is 2.32. The van der Waals surface area contributed by atoms with Crippen LogP contribution in [-0.4, -0.2) is 28.3 Å². The van der Waals surface area contributed by atoms with Crippen molar-refractivity contribution in [3.63, 3.8) is 0 Å². The Bertz CT molecular complexity index is 1160. The molecule has 1 unspecified atom stereocenters. The summed E-state index contributed by atoms with van der Waals surface area (Å²) < 4.78 is 0.943. The Balaban J connectivity index is 2.00. The summed E-state index contributed by atoms with van der Waals surface area (Å²) in [5.41, 5.74) is 2.11. The Morgan fingerprint density at radius 2 is 1.60 bits per heavy atom. The lowest BCUT2D eigenvalue weighted by Crippen LogP contribution is -2.54. The van der Waals surface area contributed by atoms with E-state index >= 15 is 0 Å². The van der Waals surface area contributed by atoms with E-state index in [0.29, 0.717) is 22.0 Å². The van der Waals surface area contributed by atoms with Crippen molar-refractivity contribution in [2.45, 2.75) is 51.7 Å². The summed E-state index contributed by atoms with van der Waals surface area (Å²) in [7, 11) is 0. The van der Waals surface area contributed by atoms with Gasteiger partial charge in [-0.25, -0.2) is 0 Å². The Hall–Kier alpha value is -2.34. The van der Waals surface area contributed by atoms with Crippen LogP contribution in [0.2, 0.25) is 10.0 Å². The maximum atomic E-state index is 13.8. The molecule has 3 rings (SSSR count). The smallest absolute Gasteiger partial charge is 0.243 e. The number of halogens is 3. The summed E-state index contributed by atoms with van der Waals surface area (Å²) in [4.78, 5) is 29.0. The number of rotatable bonds is 8. The molecule has 0 bridgehead atoms. The number of carbonyl (C=O) groups excluding carboxylic acids is 2. The molecule has 0 spiro atoms. The Morgan fingerprint density at radius 3 is 2.20 bits per heavy atom. The van der Waals surface area contributed by atoms with Gasteiger partial charge in [-0.05, 0) is 61.7 Å². The fraction of sp³-hybridized carbons (Fsp3) is 0.286. The monoisotopic (exact) mass is 574 g/mol. The summed E-state index contributed by atoms with van der Waals surface area (Å²) >= 11 is 15.9. The van der Waals surface area contributed by atoms with Crippen molar-refractivity contribution in [3.8, 4) is 0 Å². The maximum Gasteiger partial charge on any atom is 0.243 e. The fourth-order valence-electron chi connectivity index (χ4n) is 3.72. The zero-order valence-corrected chi connectivity index (χ0v) is 23.1. The van der Waals surface area contributed by atoms with Gasteiger partial charge < -0.3 is 10.2 Å². The third kappa shape index (κ3) is 8.38. The largest absolute Gasteiger partial charge is 0.350 e. The summed E-state index contributed by atoms with van der Waals surface area (Å²) in [6.45, 7) is 6.07. The molecule has 3 aromatic carbocycles. The van der Waals surface area contributed by atoms with Crippen LogP contribution < -0.4 is 5.32 Å². The second-order valence-electron chi connectivity index (χ2n) is 9.51. The van der Waals surface area contributed by atoms with Crippen LogP contribution in [0.5, 0.6) is 0 Å². The van der Waals surface area contributed by atoms with Crippen LogP contribution in [0, 0.1) is 0 Å². The van der Waals surface area contributed by atoms with Gasteiger partial charge in [0.15, 0.2) is 0 Å². The lowest BCUT2D eigenvalue weighted by molar-refractivity contribution is -0.141. The van der Waals surface area contributed by atoms with Crippen LogP contribution in [0.4, 0.5) is 0 Å². The summed E-state index contributed by atoms with van der Waals surface area (Å²) in [5, 5.41) is 4.00. The minimum absolute atomic E-state index is 0.0562. The van der Waals surface area contributed by atoms with E-state index in [4.69, 9.17) is 23.2 Å². The Labute approximate surface area is 225 Å². The van der Waals surface area contributed by atoms with Crippen LogP contribution in [0.3, 0.4) is 0 Å². The lowest BCUT2D eigenvalue weighted by atomic mass is 10.00. The van der Waals surface area contributed by atoms with Crippen LogP contribution in [-0.2, 0) is 29.0 Å². The third-order valence-electron chi connectivity index (χ3n) is 5.39. The van der Waals surface area contributed by atoms with Crippen LogP contribution in [0.25, 0.3) is 0 Å². The van der Waals surface area contributed by atoms with Crippen molar-refractivity contribution in [1.29, 1.82) is 0 Å². The summed E-state index contributed by atoms with van der Waals surface area (Å²) in [5.74, 6) is -0.392. The molecule has 3 aromatic rings. The zero-order chi connectivity index (χ0) is 25.6. The predicted octanol–water partition coefficient (Wildman–Crippen LogP) is 6.85. The standard InChI is InChI=1S/C28H29BrCl2N2O2/c1-28(2,3)32-27(35)25(15-19-7-5-4-6-8-19)33(18-20-9-12-22(29)13-10-20)26(34)16-21-11-14-23(30)17-24(21)31/h4-14,17,25H,15-16,18H2,1-3H3,(H,32,35). The average molecular weight is 576 g/mol. The van der Waals surface area contributed by atoms with E-state index in [1.807, 2.05) is 75.4 Å². The molecule has 0 fully saturated rings. The normalized spacial score (nSPS) is 12.2. The molecule has 0 aliphatic carbocycles. The van der Waals surface area contributed by atoms with Crippen molar-refractivity contribution < 1.29 is 9.59 Å². The van der Waals surface area contributed by atoms with E-state index < -0.39 is 11.6 Å². The van der Waals surface area contributed by atoms with Crippen molar-refractivity contribution >= 4 is 50.9 Å². The molecule has 1 atom stereocenters. The first-order chi connectivity index (χ1) is 16.5. The quantitative estimate of drug-likeness (QED) is 0.319. The lowest BCUT2D eigenvalue weighted by Gasteiger charge is -2.34. The fourth-order valence-corrected chi connectivity index (χ4v) is 4.46. The molecule has 0 aliphatic rings. The maximum absolute atomic E-state index is 13.8. The van der Waals surface area contributed by atoms with Gasteiger partial charge in [-0.15, -0.1) is 0 Å². The first kappa shape index (κ1) is 27.3. The van der Waals surface area contributed by atoms with Crippen LogP contribution in [0.1, 0.15) is 37.5 Å². The van der Waals surface area contributed by atoms with E-state index in [1.165, 1.54) is 0 Å². The molecule has 0 saturated heterocycles. The van der Waals surface area contributed by atoms with Gasteiger partial charge in [0.2, 0.25) is 11.8 Å². The predicted molar refractivity (Wildman–Crippen MR) is 147 cm³/mol. The molecule has 0 saturated carbocycles. The Kier molecular flexibility index (Phi) is 9.40.